The molecule has 0 saturated carbocycles. The number of hydrogen-bond acceptors (Lipinski definition) is 2. The first-order valence-electron chi connectivity index (χ1n) is 5.90. The van der Waals surface area contributed by atoms with E-state index in [0.29, 0.717) is 24.0 Å². The van der Waals surface area contributed by atoms with Gasteiger partial charge in [0, 0.05) is 29.7 Å². The normalized spacial score (nSPS) is 12.2. The first-order chi connectivity index (χ1) is 8.11. The van der Waals surface area contributed by atoms with Gasteiger partial charge in [0.1, 0.15) is 0 Å². The molecule has 0 bridgehead atoms. The van der Waals surface area contributed by atoms with Gasteiger partial charge in [0.2, 0.25) is 5.91 Å². The van der Waals surface area contributed by atoms with Crippen LogP contribution in [0.3, 0.4) is 0 Å². The monoisotopic (exact) mass is 254 g/mol. The van der Waals surface area contributed by atoms with Crippen molar-refractivity contribution < 1.29 is 4.79 Å². The van der Waals surface area contributed by atoms with Crippen LogP contribution in [0.4, 0.5) is 5.69 Å². The zero-order valence-corrected chi connectivity index (χ0v) is 11.1. The molecule has 3 nitrogen and oxygen atoms in total. The fraction of sp³-hybridized carbons (Fsp3) is 0.462. The Hall–Kier alpha value is -1.06. The summed E-state index contributed by atoms with van der Waals surface area (Å²) >= 11 is 5.83. The number of rotatable bonds is 6. The summed E-state index contributed by atoms with van der Waals surface area (Å²) in [6.45, 7) is 4.92. The van der Waals surface area contributed by atoms with Crippen LogP contribution in [0.2, 0.25) is 5.02 Å². The van der Waals surface area contributed by atoms with Crippen molar-refractivity contribution in [2.24, 2.45) is 0 Å². The molecule has 1 aromatic rings. The van der Waals surface area contributed by atoms with Crippen LogP contribution in [0, 0.1) is 0 Å². The summed E-state index contributed by atoms with van der Waals surface area (Å²) in [5.74, 6) is 0.00284. The molecule has 0 spiro atoms. The van der Waals surface area contributed by atoms with Crippen LogP contribution in [0.25, 0.3) is 0 Å². The van der Waals surface area contributed by atoms with Crippen LogP contribution in [0.1, 0.15) is 26.7 Å². The highest BCUT2D eigenvalue weighted by Crippen LogP contribution is 2.14. The van der Waals surface area contributed by atoms with E-state index in [1.165, 1.54) is 0 Å². The third-order valence-electron chi connectivity index (χ3n) is 2.57. The third-order valence-corrected chi connectivity index (χ3v) is 2.80. The van der Waals surface area contributed by atoms with E-state index >= 15 is 0 Å². The molecule has 4 heteroatoms. The maximum absolute atomic E-state index is 11.6. The molecule has 17 heavy (non-hydrogen) atoms. The van der Waals surface area contributed by atoms with Crippen LogP contribution < -0.4 is 10.6 Å². The summed E-state index contributed by atoms with van der Waals surface area (Å²) in [7, 11) is 0. The first-order valence-corrected chi connectivity index (χ1v) is 6.28. The molecule has 94 valence electrons. The summed E-state index contributed by atoms with van der Waals surface area (Å²) in [5, 5.41) is 6.71. The maximum Gasteiger partial charge on any atom is 0.225 e. The molecule has 2 N–H and O–H groups in total. The average molecular weight is 255 g/mol. The van der Waals surface area contributed by atoms with Gasteiger partial charge in [-0.25, -0.2) is 0 Å². The molecule has 1 aromatic carbocycles. The predicted octanol–water partition coefficient (Wildman–Crippen LogP) is 3.06. The Balaban J connectivity index is 2.30. The Morgan fingerprint density at radius 3 is 2.88 bits per heavy atom. The minimum atomic E-state index is 0.00284. The van der Waals surface area contributed by atoms with Crippen LogP contribution >= 0.6 is 11.6 Å². The van der Waals surface area contributed by atoms with E-state index < -0.39 is 0 Å². The topological polar surface area (TPSA) is 41.1 Å². The molecule has 0 aliphatic carbocycles. The Labute approximate surface area is 108 Å². The number of carbonyl (C=O) groups is 1. The lowest BCUT2D eigenvalue weighted by Gasteiger charge is -2.11. The van der Waals surface area contributed by atoms with E-state index in [2.05, 4.69) is 24.5 Å². The van der Waals surface area contributed by atoms with Crippen molar-refractivity contribution in [3.8, 4) is 0 Å². The van der Waals surface area contributed by atoms with Gasteiger partial charge in [-0.1, -0.05) is 24.6 Å². The molecular formula is C13H19ClN2O. The lowest BCUT2D eigenvalue weighted by atomic mass is 10.2. The van der Waals surface area contributed by atoms with Crippen molar-refractivity contribution in [2.75, 3.05) is 11.9 Å². The average Bonchev–Trinajstić information content (AvgIpc) is 2.28. The largest absolute Gasteiger partial charge is 0.326 e. The molecule has 0 radical (unpaired) electrons. The molecule has 0 aliphatic heterocycles. The Kier molecular flexibility index (Phi) is 6.01. The van der Waals surface area contributed by atoms with E-state index in [4.69, 9.17) is 11.6 Å². The zero-order valence-electron chi connectivity index (χ0n) is 10.3. The zero-order chi connectivity index (χ0) is 12.7. The van der Waals surface area contributed by atoms with Crippen LogP contribution in [-0.4, -0.2) is 18.5 Å². The number of carbonyl (C=O) groups excluding carboxylic acids is 1. The van der Waals surface area contributed by atoms with E-state index in [0.717, 1.165) is 12.1 Å². The molecule has 0 heterocycles. The highest BCUT2D eigenvalue weighted by molar-refractivity contribution is 6.30. The lowest BCUT2D eigenvalue weighted by molar-refractivity contribution is -0.116. The number of nitrogens with one attached hydrogen (secondary N) is 2. The molecule has 0 fully saturated rings. The molecule has 0 aliphatic rings. The molecule has 0 saturated heterocycles. The summed E-state index contributed by atoms with van der Waals surface area (Å²) in [6.07, 6.45) is 1.53. The van der Waals surface area contributed by atoms with Gasteiger partial charge in [0.05, 0.1) is 0 Å². The van der Waals surface area contributed by atoms with Crippen molar-refractivity contribution >= 4 is 23.2 Å². The maximum atomic E-state index is 11.6. The van der Waals surface area contributed by atoms with Crippen molar-refractivity contribution in [2.45, 2.75) is 32.7 Å². The minimum absolute atomic E-state index is 0.00284. The second kappa shape index (κ2) is 7.30. The molecule has 1 atom stereocenters. The number of benzene rings is 1. The summed E-state index contributed by atoms with van der Waals surface area (Å²) in [5.41, 5.74) is 0.742. The molecular weight excluding hydrogens is 236 g/mol. The lowest BCUT2D eigenvalue weighted by Crippen LogP contribution is -2.28. The van der Waals surface area contributed by atoms with Gasteiger partial charge in [-0.15, -0.1) is 0 Å². The highest BCUT2D eigenvalue weighted by Gasteiger charge is 2.03. The van der Waals surface area contributed by atoms with Crippen LogP contribution in [0.15, 0.2) is 24.3 Å². The second-order valence-electron chi connectivity index (χ2n) is 4.07. The van der Waals surface area contributed by atoms with Gasteiger partial charge in [-0.05, 0) is 31.5 Å². The summed E-state index contributed by atoms with van der Waals surface area (Å²) in [4.78, 5) is 11.6. The van der Waals surface area contributed by atoms with E-state index in [-0.39, 0.29) is 5.91 Å². The van der Waals surface area contributed by atoms with Gasteiger partial charge in [-0.2, -0.15) is 0 Å². The van der Waals surface area contributed by atoms with Crippen molar-refractivity contribution in [3.63, 3.8) is 0 Å². The quantitative estimate of drug-likeness (QED) is 0.819. The molecule has 1 unspecified atom stereocenters. The van der Waals surface area contributed by atoms with Crippen molar-refractivity contribution in [3.05, 3.63) is 29.3 Å². The standard InChI is InChI=1S/C13H19ClN2O/c1-3-10(2)15-8-7-13(17)16-12-6-4-5-11(14)9-12/h4-6,9-10,15H,3,7-8H2,1-2H3,(H,16,17). The smallest absolute Gasteiger partial charge is 0.225 e. The fourth-order valence-corrected chi connectivity index (χ4v) is 1.56. The summed E-state index contributed by atoms with van der Waals surface area (Å²) < 4.78 is 0. The number of amides is 1. The molecule has 0 aromatic heterocycles. The van der Waals surface area contributed by atoms with Crippen LogP contribution in [0.5, 0.6) is 0 Å². The van der Waals surface area contributed by atoms with Gasteiger partial charge in [0.15, 0.2) is 0 Å². The predicted molar refractivity (Wildman–Crippen MR) is 72.5 cm³/mol. The Bertz CT molecular complexity index is 368. The van der Waals surface area contributed by atoms with Gasteiger partial charge >= 0.3 is 0 Å². The highest BCUT2D eigenvalue weighted by atomic mass is 35.5. The minimum Gasteiger partial charge on any atom is -0.326 e. The number of halogens is 1. The third kappa shape index (κ3) is 5.71. The fourth-order valence-electron chi connectivity index (χ4n) is 1.37. The van der Waals surface area contributed by atoms with E-state index in [1.807, 2.05) is 12.1 Å². The number of hydrogen-bond donors (Lipinski definition) is 2. The second-order valence-corrected chi connectivity index (χ2v) is 4.51. The van der Waals surface area contributed by atoms with Crippen molar-refractivity contribution in [1.29, 1.82) is 0 Å². The summed E-state index contributed by atoms with van der Waals surface area (Å²) in [6, 6.07) is 7.61. The Morgan fingerprint density at radius 1 is 1.47 bits per heavy atom. The van der Waals surface area contributed by atoms with Crippen LogP contribution in [-0.2, 0) is 4.79 Å². The van der Waals surface area contributed by atoms with E-state index in [9.17, 15) is 4.79 Å². The first kappa shape index (κ1) is 14.0. The Morgan fingerprint density at radius 2 is 2.24 bits per heavy atom. The SMILES string of the molecule is CCC(C)NCCC(=O)Nc1cccc(Cl)c1. The molecule has 1 amide bonds. The van der Waals surface area contributed by atoms with Crippen molar-refractivity contribution in [1.82, 2.24) is 5.32 Å². The number of anilines is 1. The molecule has 1 rings (SSSR count). The van der Waals surface area contributed by atoms with E-state index in [1.54, 1.807) is 12.1 Å². The van der Waals surface area contributed by atoms with Gasteiger partial charge < -0.3 is 10.6 Å². The van der Waals surface area contributed by atoms with Gasteiger partial charge in [-0.3, -0.25) is 4.79 Å². The van der Waals surface area contributed by atoms with Gasteiger partial charge in [0.25, 0.3) is 0 Å².